The Labute approximate surface area is 191 Å². The second-order valence-corrected chi connectivity index (χ2v) is 8.95. The number of fused-ring (bicyclic) bond motifs is 9. The molecule has 0 saturated carbocycles. The van der Waals surface area contributed by atoms with Gasteiger partial charge < -0.3 is 4.57 Å². The van der Waals surface area contributed by atoms with Crippen molar-refractivity contribution in [2.75, 3.05) is 0 Å². The van der Waals surface area contributed by atoms with Crippen molar-refractivity contribution in [1.82, 2.24) is 4.57 Å². The Morgan fingerprint density at radius 3 is 1.94 bits per heavy atom. The van der Waals surface area contributed by atoms with Gasteiger partial charge in [-0.2, -0.15) is 0 Å². The van der Waals surface area contributed by atoms with Gasteiger partial charge in [0.05, 0.1) is 11.0 Å². The summed E-state index contributed by atoms with van der Waals surface area (Å²) in [5.74, 6) is 0. The highest BCUT2D eigenvalue weighted by atomic mass is 15.0. The van der Waals surface area contributed by atoms with E-state index in [-0.39, 0.29) is 0 Å². The molecule has 8 rings (SSSR count). The van der Waals surface area contributed by atoms with Crippen LogP contribution in [-0.2, 0) is 0 Å². The molecular formula is C32H19N. The molecule has 0 fully saturated rings. The zero-order valence-corrected chi connectivity index (χ0v) is 17.9. The van der Waals surface area contributed by atoms with Crippen LogP contribution in [-0.4, -0.2) is 4.57 Å². The molecule has 6 aromatic carbocycles. The van der Waals surface area contributed by atoms with Crippen molar-refractivity contribution in [3.05, 3.63) is 115 Å². The van der Waals surface area contributed by atoms with Crippen LogP contribution in [0.5, 0.6) is 0 Å². The van der Waals surface area contributed by atoms with Gasteiger partial charge in [0.1, 0.15) is 0 Å². The third-order valence-electron chi connectivity index (χ3n) is 7.29. The van der Waals surface area contributed by atoms with Gasteiger partial charge in [-0.15, -0.1) is 0 Å². The number of hydrogen-bond acceptors (Lipinski definition) is 0. The lowest BCUT2D eigenvalue weighted by Crippen LogP contribution is -1.95. The molecule has 7 aromatic rings. The first-order chi connectivity index (χ1) is 16.4. The molecule has 0 aliphatic heterocycles. The van der Waals surface area contributed by atoms with Gasteiger partial charge in [-0.25, -0.2) is 0 Å². The third-order valence-corrected chi connectivity index (χ3v) is 7.29. The second-order valence-electron chi connectivity index (χ2n) is 8.95. The summed E-state index contributed by atoms with van der Waals surface area (Å²) >= 11 is 0. The average molecular weight is 418 g/mol. The van der Waals surface area contributed by atoms with Crippen LogP contribution in [0.4, 0.5) is 0 Å². The summed E-state index contributed by atoms with van der Waals surface area (Å²) in [6.45, 7) is 0. The van der Waals surface area contributed by atoms with Crippen molar-refractivity contribution in [2.45, 2.75) is 0 Å². The predicted octanol–water partition coefficient (Wildman–Crippen LogP) is 8.74. The summed E-state index contributed by atoms with van der Waals surface area (Å²) < 4.78 is 2.48. The molecule has 1 aromatic heterocycles. The molecule has 1 heteroatoms. The van der Waals surface area contributed by atoms with Crippen LogP contribution < -0.4 is 0 Å². The molecule has 1 heterocycles. The largest absolute Gasteiger partial charge is 0.308 e. The van der Waals surface area contributed by atoms with E-state index in [0.717, 1.165) is 0 Å². The summed E-state index contributed by atoms with van der Waals surface area (Å²) in [5.41, 5.74) is 9.15. The van der Waals surface area contributed by atoms with Gasteiger partial charge in [0.25, 0.3) is 0 Å². The monoisotopic (exact) mass is 417 g/mol. The Morgan fingerprint density at radius 1 is 0.394 bits per heavy atom. The number of benzene rings is 6. The molecule has 0 bridgehead atoms. The Balaban J connectivity index is 1.69. The average Bonchev–Trinajstić information content (AvgIpc) is 3.40. The summed E-state index contributed by atoms with van der Waals surface area (Å²) in [6.07, 6.45) is 0. The number of aromatic nitrogens is 1. The molecule has 0 saturated heterocycles. The number of hydrogen-bond donors (Lipinski definition) is 0. The fourth-order valence-electron chi connectivity index (χ4n) is 5.97. The van der Waals surface area contributed by atoms with Gasteiger partial charge in [-0.1, -0.05) is 97.1 Å². The summed E-state index contributed by atoms with van der Waals surface area (Å²) in [6, 6.07) is 42.2. The molecule has 1 aliphatic rings. The highest BCUT2D eigenvalue weighted by Crippen LogP contribution is 2.51. The summed E-state index contributed by atoms with van der Waals surface area (Å²) in [7, 11) is 0. The first-order valence-corrected chi connectivity index (χ1v) is 11.5. The van der Waals surface area contributed by atoms with E-state index in [2.05, 4.69) is 120 Å². The summed E-state index contributed by atoms with van der Waals surface area (Å²) in [4.78, 5) is 0. The molecule has 0 radical (unpaired) electrons. The van der Waals surface area contributed by atoms with Crippen LogP contribution in [0.15, 0.2) is 115 Å². The molecule has 1 aliphatic carbocycles. The van der Waals surface area contributed by atoms with Gasteiger partial charge in [0.2, 0.25) is 0 Å². The summed E-state index contributed by atoms with van der Waals surface area (Å²) in [5, 5.41) is 7.87. The topological polar surface area (TPSA) is 4.93 Å². The van der Waals surface area contributed by atoms with E-state index in [1.807, 2.05) is 0 Å². The predicted molar refractivity (Wildman–Crippen MR) is 140 cm³/mol. The van der Waals surface area contributed by atoms with Gasteiger partial charge >= 0.3 is 0 Å². The Morgan fingerprint density at radius 2 is 1.06 bits per heavy atom. The van der Waals surface area contributed by atoms with Crippen molar-refractivity contribution in [3.8, 4) is 27.9 Å². The van der Waals surface area contributed by atoms with Gasteiger partial charge in [-0.05, 0) is 51.2 Å². The van der Waals surface area contributed by atoms with E-state index in [9.17, 15) is 0 Å². The van der Waals surface area contributed by atoms with Gasteiger partial charge in [0, 0.05) is 27.2 Å². The molecule has 152 valence electrons. The molecule has 1 nitrogen and oxygen atoms in total. The van der Waals surface area contributed by atoms with Gasteiger partial charge in [-0.3, -0.25) is 0 Å². The maximum absolute atomic E-state index is 2.48. The third kappa shape index (κ3) is 2.12. The fraction of sp³-hybridized carbons (Fsp3) is 0. The van der Waals surface area contributed by atoms with Crippen LogP contribution in [0.25, 0.3) is 71.3 Å². The van der Waals surface area contributed by atoms with Crippen LogP contribution in [0.3, 0.4) is 0 Å². The molecule has 0 spiro atoms. The van der Waals surface area contributed by atoms with Crippen molar-refractivity contribution < 1.29 is 0 Å². The lowest BCUT2D eigenvalue weighted by molar-refractivity contribution is 1.19. The lowest BCUT2D eigenvalue weighted by Gasteiger charge is -2.12. The number of rotatable bonds is 1. The normalized spacial score (nSPS) is 12.2. The van der Waals surface area contributed by atoms with Crippen molar-refractivity contribution in [1.29, 1.82) is 0 Å². The molecule has 33 heavy (non-hydrogen) atoms. The Kier molecular flexibility index (Phi) is 3.19. The minimum atomic E-state index is 1.20. The minimum Gasteiger partial charge on any atom is -0.308 e. The smallest absolute Gasteiger partial charge is 0.0620 e. The first kappa shape index (κ1) is 17.2. The van der Waals surface area contributed by atoms with E-state index in [4.69, 9.17) is 0 Å². The van der Waals surface area contributed by atoms with Crippen LogP contribution in [0.2, 0.25) is 0 Å². The van der Waals surface area contributed by atoms with E-state index in [0.29, 0.717) is 0 Å². The minimum absolute atomic E-state index is 1.20. The fourth-order valence-corrected chi connectivity index (χ4v) is 5.97. The van der Waals surface area contributed by atoms with E-state index >= 15 is 0 Å². The maximum Gasteiger partial charge on any atom is 0.0620 e. The van der Waals surface area contributed by atoms with Crippen molar-refractivity contribution in [2.24, 2.45) is 0 Å². The zero-order valence-electron chi connectivity index (χ0n) is 17.9. The van der Waals surface area contributed by atoms with Crippen molar-refractivity contribution >= 4 is 43.4 Å². The zero-order chi connectivity index (χ0) is 21.5. The first-order valence-electron chi connectivity index (χ1n) is 11.5. The highest BCUT2D eigenvalue weighted by Gasteiger charge is 2.25. The molecule has 0 N–H and O–H groups in total. The highest BCUT2D eigenvalue weighted by molar-refractivity contribution is 6.29. The number of nitrogens with zero attached hydrogens (tertiary/aromatic N) is 1. The van der Waals surface area contributed by atoms with Gasteiger partial charge in [0.15, 0.2) is 0 Å². The maximum atomic E-state index is 2.48. The van der Waals surface area contributed by atoms with Crippen LogP contribution >= 0.6 is 0 Å². The second kappa shape index (κ2) is 6.11. The van der Waals surface area contributed by atoms with Crippen LogP contribution in [0.1, 0.15) is 0 Å². The van der Waals surface area contributed by atoms with E-state index < -0.39 is 0 Å². The lowest BCUT2D eigenvalue weighted by atomic mass is 9.98. The Hall–Kier alpha value is -4.36. The molecule has 0 atom stereocenters. The van der Waals surface area contributed by atoms with Crippen molar-refractivity contribution in [3.63, 3.8) is 0 Å². The molecule has 0 amide bonds. The standard InChI is InChI=1S/C32H19N/c1-2-10-21(11-3-1)33-31-22-12-5-4-9-20(22)17-18-26(31)29-19-28-24-14-7-6-13-23(24)25-15-8-16-27(30(25)28)32(29)33/h1-19H. The SMILES string of the molecule is c1ccc(-n2c3c4ccccc4ccc3c3cc4c5c(cccc5c32)-c2ccccc2-4)cc1. The Bertz CT molecular complexity index is 1910. The molecular weight excluding hydrogens is 398 g/mol. The van der Waals surface area contributed by atoms with E-state index in [1.165, 1.54) is 71.3 Å². The number of para-hydroxylation sites is 1. The van der Waals surface area contributed by atoms with Crippen LogP contribution in [0, 0.1) is 0 Å². The quantitative estimate of drug-likeness (QED) is 0.252. The molecule has 0 unspecified atom stereocenters. The van der Waals surface area contributed by atoms with E-state index in [1.54, 1.807) is 0 Å².